The lowest BCUT2D eigenvalue weighted by Crippen LogP contribution is -2.39. The number of amides is 1. The molecule has 0 fully saturated rings. The van der Waals surface area contributed by atoms with E-state index in [9.17, 15) is 9.59 Å². The number of hydrogen-bond acceptors (Lipinski definition) is 5. The number of ketones is 1. The van der Waals surface area contributed by atoms with E-state index in [-0.39, 0.29) is 30.1 Å². The second-order valence-corrected chi connectivity index (χ2v) is 3.92. The molecule has 0 bridgehead atoms. The number of carbonyl (C=O) groups excluding carboxylic acids is 2. The monoisotopic (exact) mass is 250 g/mol. The van der Waals surface area contributed by atoms with Crippen LogP contribution in [0.15, 0.2) is 0 Å². The van der Waals surface area contributed by atoms with E-state index in [4.69, 9.17) is 0 Å². The van der Waals surface area contributed by atoms with E-state index in [0.717, 1.165) is 0 Å². The van der Waals surface area contributed by atoms with Gasteiger partial charge in [0.1, 0.15) is 0 Å². The van der Waals surface area contributed by atoms with Crippen molar-refractivity contribution in [2.24, 2.45) is 5.92 Å². The Morgan fingerprint density at radius 2 is 1.80 bits per heavy atom. The molecule has 0 aromatic carbocycles. The number of likely N-dealkylation sites (N-methyl/N-ethyl adjacent to an activating group) is 1. The molecule has 0 heterocycles. The van der Waals surface area contributed by atoms with Gasteiger partial charge in [-0.05, 0) is 7.05 Å². The van der Waals surface area contributed by atoms with E-state index in [1.165, 1.54) is 0 Å². The van der Waals surface area contributed by atoms with Gasteiger partial charge in [0.05, 0.1) is 12.0 Å². The first-order chi connectivity index (χ1) is 7.10. The predicted octanol–water partition coefficient (Wildman–Crippen LogP) is -0.245. The largest absolute Gasteiger partial charge is 0.359 e. The third-order valence-corrected chi connectivity index (χ3v) is 3.01. The maximum atomic E-state index is 11.7. The summed E-state index contributed by atoms with van der Waals surface area (Å²) in [5, 5.41) is 5.37. The van der Waals surface area contributed by atoms with Gasteiger partial charge in [0.25, 0.3) is 0 Å². The Balaban J connectivity index is 4.29. The summed E-state index contributed by atoms with van der Waals surface area (Å²) in [5.41, 5.74) is 0. The number of hydrogen-bond donors (Lipinski definition) is 4. The highest BCUT2D eigenvalue weighted by molar-refractivity contribution is 7.80. The zero-order valence-corrected chi connectivity index (χ0v) is 10.8. The summed E-state index contributed by atoms with van der Waals surface area (Å²) in [6.07, 6.45) is 0.204. The molecule has 0 aliphatic carbocycles. The molecule has 0 saturated carbocycles. The van der Waals surface area contributed by atoms with Gasteiger partial charge in [-0.2, -0.15) is 25.3 Å². The SMILES string of the molecule is CNC(=O)C(CS)CC(=O)C(CS)NC. The Bertz CT molecular complexity index is 220. The van der Waals surface area contributed by atoms with Crippen molar-refractivity contribution >= 4 is 36.9 Å². The quantitative estimate of drug-likeness (QED) is 0.472. The van der Waals surface area contributed by atoms with Gasteiger partial charge in [0.2, 0.25) is 5.91 Å². The van der Waals surface area contributed by atoms with Crippen LogP contribution < -0.4 is 10.6 Å². The average molecular weight is 250 g/mol. The molecule has 4 nitrogen and oxygen atoms in total. The molecule has 0 aromatic rings. The van der Waals surface area contributed by atoms with Gasteiger partial charge in [0, 0.05) is 25.0 Å². The van der Waals surface area contributed by atoms with Gasteiger partial charge in [-0.1, -0.05) is 0 Å². The molecule has 0 aliphatic heterocycles. The second-order valence-electron chi connectivity index (χ2n) is 3.19. The van der Waals surface area contributed by atoms with Gasteiger partial charge >= 0.3 is 0 Å². The number of nitrogens with one attached hydrogen (secondary N) is 2. The molecular formula is C9H18N2O2S2. The van der Waals surface area contributed by atoms with Crippen LogP contribution in [0.1, 0.15) is 6.42 Å². The van der Waals surface area contributed by atoms with Crippen LogP contribution >= 0.6 is 25.3 Å². The molecule has 2 atom stereocenters. The van der Waals surface area contributed by atoms with Crippen LogP contribution in [0.3, 0.4) is 0 Å². The van der Waals surface area contributed by atoms with Gasteiger partial charge < -0.3 is 10.6 Å². The highest BCUT2D eigenvalue weighted by Gasteiger charge is 2.23. The molecule has 0 spiro atoms. The predicted molar refractivity (Wildman–Crippen MR) is 67.7 cm³/mol. The first-order valence-electron chi connectivity index (χ1n) is 4.74. The third-order valence-electron chi connectivity index (χ3n) is 2.20. The summed E-state index contributed by atoms with van der Waals surface area (Å²) in [5.74, 6) is 0.292. The van der Waals surface area contributed by atoms with Crippen LogP contribution in [0.25, 0.3) is 0 Å². The summed E-state index contributed by atoms with van der Waals surface area (Å²) in [6.45, 7) is 0. The zero-order chi connectivity index (χ0) is 11.8. The highest BCUT2D eigenvalue weighted by Crippen LogP contribution is 2.08. The minimum absolute atomic E-state index is 0.00449. The third kappa shape index (κ3) is 4.90. The molecular weight excluding hydrogens is 232 g/mol. The van der Waals surface area contributed by atoms with Gasteiger partial charge in [-0.25, -0.2) is 0 Å². The van der Waals surface area contributed by atoms with Crippen LogP contribution in [-0.4, -0.2) is 43.3 Å². The van der Waals surface area contributed by atoms with Crippen LogP contribution in [0.5, 0.6) is 0 Å². The first-order valence-corrected chi connectivity index (χ1v) is 6.00. The molecule has 0 radical (unpaired) electrons. The van der Waals surface area contributed by atoms with Crippen molar-refractivity contribution in [2.75, 3.05) is 25.6 Å². The molecule has 0 aromatic heterocycles. The molecule has 2 N–H and O–H groups in total. The van der Waals surface area contributed by atoms with Gasteiger partial charge in [0.15, 0.2) is 5.78 Å². The fourth-order valence-corrected chi connectivity index (χ4v) is 1.86. The number of carbonyl (C=O) groups is 2. The smallest absolute Gasteiger partial charge is 0.224 e. The minimum Gasteiger partial charge on any atom is -0.359 e. The molecule has 6 heteroatoms. The van der Waals surface area contributed by atoms with Crippen molar-refractivity contribution in [2.45, 2.75) is 12.5 Å². The molecule has 15 heavy (non-hydrogen) atoms. The standard InChI is InChI=1S/C9H18N2O2S2/c1-10-7(5-15)8(12)3-6(4-14)9(13)11-2/h6-7,10,14-15H,3-5H2,1-2H3,(H,11,13). The van der Waals surface area contributed by atoms with E-state index in [2.05, 4.69) is 35.9 Å². The van der Waals surface area contributed by atoms with E-state index in [0.29, 0.717) is 11.5 Å². The summed E-state index contributed by atoms with van der Waals surface area (Å²) < 4.78 is 0. The summed E-state index contributed by atoms with van der Waals surface area (Å²) in [4.78, 5) is 23.0. The fourth-order valence-electron chi connectivity index (χ4n) is 1.18. The Labute approximate surface area is 101 Å². The average Bonchev–Trinajstić information content (AvgIpc) is 2.26. The maximum Gasteiger partial charge on any atom is 0.224 e. The molecule has 0 rings (SSSR count). The van der Waals surface area contributed by atoms with Crippen LogP contribution in [0.2, 0.25) is 0 Å². The van der Waals surface area contributed by atoms with Crippen molar-refractivity contribution in [1.29, 1.82) is 0 Å². The van der Waals surface area contributed by atoms with Crippen LogP contribution in [0.4, 0.5) is 0 Å². The van der Waals surface area contributed by atoms with Crippen molar-refractivity contribution in [3.63, 3.8) is 0 Å². The maximum absolute atomic E-state index is 11.7. The van der Waals surface area contributed by atoms with E-state index in [1.807, 2.05) is 0 Å². The summed E-state index contributed by atoms with van der Waals surface area (Å²) in [6, 6.07) is -0.291. The number of thiol groups is 2. The van der Waals surface area contributed by atoms with Gasteiger partial charge in [-0.3, -0.25) is 9.59 Å². The molecule has 0 saturated heterocycles. The summed E-state index contributed by atoms with van der Waals surface area (Å²) >= 11 is 8.12. The highest BCUT2D eigenvalue weighted by atomic mass is 32.1. The Kier molecular flexibility index (Phi) is 7.90. The van der Waals surface area contributed by atoms with Crippen LogP contribution in [0, 0.1) is 5.92 Å². The molecule has 2 unspecified atom stereocenters. The molecule has 1 amide bonds. The Morgan fingerprint density at radius 3 is 2.13 bits per heavy atom. The normalized spacial score (nSPS) is 14.4. The summed E-state index contributed by atoms with van der Waals surface area (Å²) in [7, 11) is 3.26. The molecule has 0 aliphatic rings. The lowest BCUT2D eigenvalue weighted by atomic mass is 10.00. The lowest BCUT2D eigenvalue weighted by molar-refractivity contribution is -0.128. The Hall–Kier alpha value is -0.200. The Morgan fingerprint density at radius 1 is 1.20 bits per heavy atom. The fraction of sp³-hybridized carbons (Fsp3) is 0.778. The van der Waals surface area contributed by atoms with E-state index in [1.54, 1.807) is 14.1 Å². The zero-order valence-electron chi connectivity index (χ0n) is 8.99. The second kappa shape index (κ2) is 8.01. The van der Waals surface area contributed by atoms with Crippen molar-refractivity contribution in [3.05, 3.63) is 0 Å². The van der Waals surface area contributed by atoms with Crippen molar-refractivity contribution in [1.82, 2.24) is 10.6 Å². The first kappa shape index (κ1) is 14.8. The van der Waals surface area contributed by atoms with Crippen LogP contribution in [-0.2, 0) is 9.59 Å². The minimum atomic E-state index is -0.360. The molecule has 88 valence electrons. The van der Waals surface area contributed by atoms with E-state index < -0.39 is 0 Å². The van der Waals surface area contributed by atoms with Crippen molar-refractivity contribution < 1.29 is 9.59 Å². The number of rotatable bonds is 7. The number of Topliss-reactive ketones (excluding diaryl/α,β-unsaturated/α-hetero) is 1. The van der Waals surface area contributed by atoms with Crippen molar-refractivity contribution in [3.8, 4) is 0 Å². The van der Waals surface area contributed by atoms with Gasteiger partial charge in [-0.15, -0.1) is 0 Å². The topological polar surface area (TPSA) is 58.2 Å². The van der Waals surface area contributed by atoms with E-state index >= 15 is 0 Å². The lowest BCUT2D eigenvalue weighted by Gasteiger charge is -2.16.